The van der Waals surface area contributed by atoms with Crippen molar-refractivity contribution in [1.29, 1.82) is 0 Å². The van der Waals surface area contributed by atoms with E-state index in [0.717, 1.165) is 19.4 Å². The van der Waals surface area contributed by atoms with Gasteiger partial charge in [0.05, 0.1) is 6.10 Å². The highest BCUT2D eigenvalue weighted by molar-refractivity contribution is 4.57. The molecule has 1 N–H and O–H groups in total. The van der Waals surface area contributed by atoms with Gasteiger partial charge in [0.25, 0.3) is 0 Å². The molecule has 0 aromatic rings. The van der Waals surface area contributed by atoms with Gasteiger partial charge in [0, 0.05) is 6.54 Å². The van der Waals surface area contributed by atoms with E-state index in [-0.39, 0.29) is 0 Å². The third kappa shape index (κ3) is 9.80. The Labute approximate surface area is 82.8 Å². The zero-order valence-electron chi connectivity index (χ0n) is 8.66. The summed E-state index contributed by atoms with van der Waals surface area (Å²) in [4.78, 5) is 0. The molecule has 0 bridgehead atoms. The molecule has 0 saturated heterocycles. The first-order valence-electron chi connectivity index (χ1n) is 4.84. The molecule has 14 heavy (non-hydrogen) atoms. The van der Waals surface area contributed by atoms with Gasteiger partial charge in [-0.15, -0.1) is 0 Å². The van der Waals surface area contributed by atoms with Crippen LogP contribution in [0.5, 0.6) is 0 Å². The first kappa shape index (κ1) is 13.7. The van der Waals surface area contributed by atoms with Crippen LogP contribution < -0.4 is 5.32 Å². The van der Waals surface area contributed by atoms with Crippen LogP contribution in [0, 0.1) is 0 Å². The van der Waals surface area contributed by atoms with E-state index in [2.05, 4.69) is 17.0 Å². The van der Waals surface area contributed by atoms with Crippen LogP contribution in [0.1, 0.15) is 26.7 Å². The number of hydrogen-bond donors (Lipinski definition) is 1. The summed E-state index contributed by atoms with van der Waals surface area (Å²) in [6, 6.07) is 0. The number of alkyl halides is 3. The molecule has 86 valence electrons. The predicted octanol–water partition coefficient (Wildman–Crippen LogP) is 2.34. The standard InChI is InChI=1S/C9H18F3NO/c1-3-4-5-13-6-8(2)14-7-9(10,11)12/h8,13H,3-7H2,1-2H3. The summed E-state index contributed by atoms with van der Waals surface area (Å²) in [6.45, 7) is 3.83. The van der Waals surface area contributed by atoms with Crippen molar-refractivity contribution in [1.82, 2.24) is 5.32 Å². The fourth-order valence-electron chi connectivity index (χ4n) is 0.903. The first-order valence-corrected chi connectivity index (χ1v) is 4.84. The van der Waals surface area contributed by atoms with E-state index in [1.165, 1.54) is 0 Å². The molecule has 0 aromatic heterocycles. The predicted molar refractivity (Wildman–Crippen MR) is 49.2 cm³/mol. The Bertz CT molecular complexity index is 139. The van der Waals surface area contributed by atoms with Crippen LogP contribution in [0.4, 0.5) is 13.2 Å². The molecule has 0 aliphatic heterocycles. The van der Waals surface area contributed by atoms with Crippen LogP contribution in [0.3, 0.4) is 0 Å². The molecule has 0 aliphatic rings. The molecule has 2 nitrogen and oxygen atoms in total. The minimum atomic E-state index is -4.22. The van der Waals surface area contributed by atoms with E-state index >= 15 is 0 Å². The fourth-order valence-corrected chi connectivity index (χ4v) is 0.903. The van der Waals surface area contributed by atoms with Crippen molar-refractivity contribution in [3.63, 3.8) is 0 Å². The molecule has 0 aliphatic carbocycles. The number of halogens is 3. The minimum absolute atomic E-state index is 0.395. The molecule has 0 radical (unpaired) electrons. The van der Waals surface area contributed by atoms with Crippen molar-refractivity contribution in [2.75, 3.05) is 19.7 Å². The monoisotopic (exact) mass is 213 g/mol. The molecule has 0 spiro atoms. The second kappa shape index (κ2) is 7.06. The van der Waals surface area contributed by atoms with E-state index in [1.54, 1.807) is 6.92 Å². The van der Waals surface area contributed by atoms with Gasteiger partial charge in [0.15, 0.2) is 0 Å². The third-order valence-electron chi connectivity index (χ3n) is 1.67. The molecule has 0 rings (SSSR count). The molecule has 5 heteroatoms. The van der Waals surface area contributed by atoms with Crippen molar-refractivity contribution in [3.05, 3.63) is 0 Å². The van der Waals surface area contributed by atoms with Gasteiger partial charge in [0.2, 0.25) is 0 Å². The Morgan fingerprint density at radius 2 is 2.00 bits per heavy atom. The van der Waals surface area contributed by atoms with Crippen LogP contribution in [0.15, 0.2) is 0 Å². The van der Waals surface area contributed by atoms with Crippen molar-refractivity contribution in [3.8, 4) is 0 Å². The zero-order chi connectivity index (χ0) is 11.0. The largest absolute Gasteiger partial charge is 0.411 e. The summed E-state index contributed by atoms with van der Waals surface area (Å²) in [6.07, 6.45) is -2.51. The topological polar surface area (TPSA) is 21.3 Å². The maximum absolute atomic E-state index is 11.7. The lowest BCUT2D eigenvalue weighted by molar-refractivity contribution is -0.183. The van der Waals surface area contributed by atoms with Gasteiger partial charge in [-0.1, -0.05) is 13.3 Å². The first-order chi connectivity index (χ1) is 6.45. The molecular formula is C9H18F3NO. The van der Waals surface area contributed by atoms with Crippen molar-refractivity contribution >= 4 is 0 Å². The number of ether oxygens (including phenoxy) is 1. The Balaban J connectivity index is 3.32. The molecule has 1 atom stereocenters. The number of rotatable bonds is 7. The molecule has 1 unspecified atom stereocenters. The average Bonchev–Trinajstić information content (AvgIpc) is 2.08. The highest BCUT2D eigenvalue weighted by atomic mass is 19.4. The molecular weight excluding hydrogens is 195 g/mol. The summed E-state index contributed by atoms with van der Waals surface area (Å²) in [5, 5.41) is 3.03. The van der Waals surface area contributed by atoms with Gasteiger partial charge in [-0.05, 0) is 19.9 Å². The SMILES string of the molecule is CCCCNCC(C)OCC(F)(F)F. The zero-order valence-corrected chi connectivity index (χ0v) is 8.66. The van der Waals surface area contributed by atoms with E-state index < -0.39 is 18.9 Å². The summed E-state index contributed by atoms with van der Waals surface area (Å²) >= 11 is 0. The molecule has 0 aromatic carbocycles. The van der Waals surface area contributed by atoms with E-state index in [0.29, 0.717) is 6.54 Å². The van der Waals surface area contributed by atoms with E-state index in [9.17, 15) is 13.2 Å². The van der Waals surface area contributed by atoms with Crippen LogP contribution in [0.25, 0.3) is 0 Å². The van der Waals surface area contributed by atoms with Gasteiger partial charge in [-0.2, -0.15) is 13.2 Å². The lowest BCUT2D eigenvalue weighted by atomic mass is 10.3. The Kier molecular flexibility index (Phi) is 6.92. The second-order valence-electron chi connectivity index (χ2n) is 3.29. The summed E-state index contributed by atoms with van der Waals surface area (Å²) < 4.78 is 39.7. The molecule has 0 saturated carbocycles. The van der Waals surface area contributed by atoms with Gasteiger partial charge in [-0.25, -0.2) is 0 Å². The van der Waals surface area contributed by atoms with Crippen LogP contribution in [-0.4, -0.2) is 32.0 Å². The maximum Gasteiger partial charge on any atom is 0.411 e. The minimum Gasteiger partial charge on any atom is -0.368 e. The highest BCUT2D eigenvalue weighted by Crippen LogP contribution is 2.15. The Hall–Kier alpha value is -0.290. The van der Waals surface area contributed by atoms with Crippen LogP contribution >= 0.6 is 0 Å². The molecule has 0 fully saturated rings. The summed E-state index contributed by atoms with van der Waals surface area (Å²) in [7, 11) is 0. The lowest BCUT2D eigenvalue weighted by Gasteiger charge is -2.15. The van der Waals surface area contributed by atoms with Gasteiger partial charge < -0.3 is 10.1 Å². The number of unbranched alkanes of at least 4 members (excludes halogenated alkanes) is 1. The van der Waals surface area contributed by atoms with Crippen molar-refractivity contribution < 1.29 is 17.9 Å². The highest BCUT2D eigenvalue weighted by Gasteiger charge is 2.28. The number of nitrogens with one attached hydrogen (secondary N) is 1. The summed E-state index contributed by atoms with van der Waals surface area (Å²) in [5.41, 5.74) is 0. The number of hydrogen-bond acceptors (Lipinski definition) is 2. The van der Waals surface area contributed by atoms with Crippen LogP contribution in [0.2, 0.25) is 0 Å². The molecule has 0 amide bonds. The van der Waals surface area contributed by atoms with Gasteiger partial charge >= 0.3 is 6.18 Å². The third-order valence-corrected chi connectivity index (χ3v) is 1.67. The van der Waals surface area contributed by atoms with E-state index in [4.69, 9.17) is 0 Å². The van der Waals surface area contributed by atoms with Gasteiger partial charge in [-0.3, -0.25) is 0 Å². The smallest absolute Gasteiger partial charge is 0.368 e. The quantitative estimate of drug-likeness (QED) is 0.655. The normalized spacial score (nSPS) is 14.4. The van der Waals surface area contributed by atoms with Gasteiger partial charge in [0.1, 0.15) is 6.61 Å². The summed E-state index contributed by atoms with van der Waals surface area (Å²) in [5.74, 6) is 0. The lowest BCUT2D eigenvalue weighted by Crippen LogP contribution is -2.30. The van der Waals surface area contributed by atoms with Crippen LogP contribution in [-0.2, 0) is 4.74 Å². The second-order valence-corrected chi connectivity index (χ2v) is 3.29. The molecule has 0 heterocycles. The average molecular weight is 213 g/mol. The van der Waals surface area contributed by atoms with Crippen molar-refractivity contribution in [2.24, 2.45) is 0 Å². The Morgan fingerprint density at radius 1 is 1.36 bits per heavy atom. The Morgan fingerprint density at radius 3 is 2.50 bits per heavy atom. The maximum atomic E-state index is 11.7. The van der Waals surface area contributed by atoms with E-state index in [1.807, 2.05) is 0 Å². The fraction of sp³-hybridized carbons (Fsp3) is 1.00. The van der Waals surface area contributed by atoms with Crippen molar-refractivity contribution in [2.45, 2.75) is 39.0 Å².